The van der Waals surface area contributed by atoms with E-state index in [2.05, 4.69) is 31.3 Å². The minimum absolute atomic E-state index is 0.0295. The minimum atomic E-state index is -0.657. The standard InChI is InChI=1S/C48H95NO3/c1-3-5-7-9-11-13-15-17-19-21-23-24-26-28-30-32-34-36-38-40-42-44-48(52)49-46(45-50)47(51)43-41-39-37-35-33-31-29-27-25-22-20-18-16-14-12-10-8-6-4-2/h21,23,46-47,50-51H,3-20,22,24-45H2,1-2H3,(H,49,52)/b23-21-. The fraction of sp³-hybridized carbons (Fsp3) is 0.938. The summed E-state index contributed by atoms with van der Waals surface area (Å²) in [6.07, 6.45) is 55.8. The molecule has 0 saturated heterocycles. The van der Waals surface area contributed by atoms with Gasteiger partial charge in [0.2, 0.25) is 5.91 Å². The Morgan fingerprint density at radius 1 is 0.442 bits per heavy atom. The number of aliphatic hydroxyl groups is 2. The smallest absolute Gasteiger partial charge is 0.220 e. The lowest BCUT2D eigenvalue weighted by Gasteiger charge is -2.22. The van der Waals surface area contributed by atoms with Crippen molar-refractivity contribution in [2.24, 2.45) is 0 Å². The highest BCUT2D eigenvalue weighted by Gasteiger charge is 2.20. The molecule has 1 amide bonds. The van der Waals surface area contributed by atoms with Crippen molar-refractivity contribution in [3.63, 3.8) is 0 Å². The van der Waals surface area contributed by atoms with Crippen molar-refractivity contribution >= 4 is 5.91 Å². The van der Waals surface area contributed by atoms with Crippen LogP contribution in [0.25, 0.3) is 0 Å². The van der Waals surface area contributed by atoms with Gasteiger partial charge in [-0.15, -0.1) is 0 Å². The van der Waals surface area contributed by atoms with Crippen LogP contribution in [-0.4, -0.2) is 34.9 Å². The number of aliphatic hydroxyl groups excluding tert-OH is 2. The molecule has 0 aliphatic rings. The van der Waals surface area contributed by atoms with E-state index < -0.39 is 12.1 Å². The summed E-state index contributed by atoms with van der Waals surface area (Å²) in [4.78, 5) is 12.4. The Hall–Kier alpha value is -0.870. The van der Waals surface area contributed by atoms with Crippen LogP contribution in [0.4, 0.5) is 0 Å². The van der Waals surface area contributed by atoms with Gasteiger partial charge in [0.05, 0.1) is 18.8 Å². The number of nitrogens with one attached hydrogen (secondary N) is 1. The molecule has 0 aliphatic carbocycles. The number of unbranched alkanes of at least 4 members (excludes halogenated alkanes) is 35. The van der Waals surface area contributed by atoms with Crippen molar-refractivity contribution < 1.29 is 15.0 Å². The maximum Gasteiger partial charge on any atom is 0.220 e. The second-order valence-electron chi connectivity index (χ2n) is 16.5. The Kier molecular flexibility index (Phi) is 43.8. The largest absolute Gasteiger partial charge is 0.394 e. The summed E-state index contributed by atoms with van der Waals surface area (Å²) in [5.74, 6) is -0.0295. The first-order valence-electron chi connectivity index (χ1n) is 23.9. The molecule has 52 heavy (non-hydrogen) atoms. The van der Waals surface area contributed by atoms with Gasteiger partial charge in [0.15, 0.2) is 0 Å². The molecule has 3 N–H and O–H groups in total. The first kappa shape index (κ1) is 51.1. The molecule has 310 valence electrons. The number of allylic oxidation sites excluding steroid dienone is 2. The fourth-order valence-corrected chi connectivity index (χ4v) is 7.59. The van der Waals surface area contributed by atoms with Gasteiger partial charge in [-0.3, -0.25) is 4.79 Å². The lowest BCUT2D eigenvalue weighted by Crippen LogP contribution is -2.45. The van der Waals surface area contributed by atoms with Crippen LogP contribution < -0.4 is 5.32 Å². The summed E-state index contributed by atoms with van der Waals surface area (Å²) >= 11 is 0. The molecule has 4 nitrogen and oxygen atoms in total. The average molecular weight is 734 g/mol. The normalized spacial score (nSPS) is 12.9. The molecule has 0 aromatic heterocycles. The van der Waals surface area contributed by atoms with Crippen LogP contribution in [-0.2, 0) is 4.79 Å². The molecule has 0 spiro atoms. The van der Waals surface area contributed by atoms with Gasteiger partial charge in [0.25, 0.3) is 0 Å². The van der Waals surface area contributed by atoms with Gasteiger partial charge in [0, 0.05) is 6.42 Å². The van der Waals surface area contributed by atoms with Crippen molar-refractivity contribution in [2.75, 3.05) is 6.61 Å². The lowest BCUT2D eigenvalue weighted by atomic mass is 10.0. The second-order valence-corrected chi connectivity index (χ2v) is 16.5. The SMILES string of the molecule is CCCCCCCCCC/C=C\CCCCCCCCCCCC(=O)NC(CO)C(O)CCCCCCCCCCCCCCCCCCCCC. The summed E-state index contributed by atoms with van der Waals surface area (Å²) in [6.45, 7) is 4.38. The molecule has 4 heteroatoms. The Balaban J connectivity index is 3.47. The average Bonchev–Trinajstić information content (AvgIpc) is 3.15. The minimum Gasteiger partial charge on any atom is -0.394 e. The molecular formula is C48H95NO3. The predicted octanol–water partition coefficient (Wildman–Crippen LogP) is 15.0. The highest BCUT2D eigenvalue weighted by molar-refractivity contribution is 5.76. The number of hydrogen-bond donors (Lipinski definition) is 3. The summed E-state index contributed by atoms with van der Waals surface area (Å²) in [5, 5.41) is 23.2. The van der Waals surface area contributed by atoms with Crippen LogP contribution in [0.1, 0.15) is 271 Å². The summed E-state index contributed by atoms with van der Waals surface area (Å²) in [7, 11) is 0. The first-order chi connectivity index (χ1) is 25.7. The van der Waals surface area contributed by atoms with E-state index in [0.717, 1.165) is 25.7 Å². The van der Waals surface area contributed by atoms with Gasteiger partial charge in [-0.2, -0.15) is 0 Å². The van der Waals surface area contributed by atoms with Crippen molar-refractivity contribution in [2.45, 2.75) is 283 Å². The third-order valence-electron chi connectivity index (χ3n) is 11.3. The number of carbonyl (C=O) groups is 1. The molecule has 0 bridgehead atoms. The van der Waals surface area contributed by atoms with Crippen LogP contribution in [0.5, 0.6) is 0 Å². The van der Waals surface area contributed by atoms with Gasteiger partial charge in [-0.1, -0.05) is 238 Å². The van der Waals surface area contributed by atoms with Gasteiger partial charge < -0.3 is 15.5 Å². The molecule has 0 aromatic rings. The highest BCUT2D eigenvalue weighted by atomic mass is 16.3. The zero-order chi connectivity index (χ0) is 37.8. The maximum atomic E-state index is 12.4. The molecule has 0 rings (SSSR count). The molecule has 0 aliphatic heterocycles. The third kappa shape index (κ3) is 40.3. The molecular weight excluding hydrogens is 639 g/mol. The van der Waals surface area contributed by atoms with Crippen molar-refractivity contribution in [1.82, 2.24) is 5.32 Å². The number of carbonyl (C=O) groups excluding carboxylic acids is 1. The van der Waals surface area contributed by atoms with Gasteiger partial charge in [0.1, 0.15) is 0 Å². The Labute approximate surface area is 327 Å². The van der Waals surface area contributed by atoms with E-state index in [-0.39, 0.29) is 12.5 Å². The highest BCUT2D eigenvalue weighted by Crippen LogP contribution is 2.17. The lowest BCUT2D eigenvalue weighted by molar-refractivity contribution is -0.123. The molecule has 0 saturated carbocycles. The summed E-state index contributed by atoms with van der Waals surface area (Å²) < 4.78 is 0. The zero-order valence-electron chi connectivity index (χ0n) is 35.6. The summed E-state index contributed by atoms with van der Waals surface area (Å²) in [6, 6.07) is -0.534. The quantitative estimate of drug-likeness (QED) is 0.0431. The van der Waals surface area contributed by atoms with E-state index in [1.807, 2.05) is 0 Å². The Bertz CT molecular complexity index is 710. The van der Waals surface area contributed by atoms with E-state index in [1.165, 1.54) is 218 Å². The monoisotopic (exact) mass is 734 g/mol. The molecule has 0 heterocycles. The fourth-order valence-electron chi connectivity index (χ4n) is 7.59. The number of rotatable bonds is 44. The van der Waals surface area contributed by atoms with Crippen LogP contribution in [0.15, 0.2) is 12.2 Å². The van der Waals surface area contributed by atoms with E-state index in [9.17, 15) is 15.0 Å². The topological polar surface area (TPSA) is 69.6 Å². The van der Waals surface area contributed by atoms with Crippen molar-refractivity contribution in [3.8, 4) is 0 Å². The van der Waals surface area contributed by atoms with E-state index in [1.54, 1.807) is 0 Å². The molecule has 0 radical (unpaired) electrons. The van der Waals surface area contributed by atoms with Gasteiger partial charge >= 0.3 is 0 Å². The predicted molar refractivity (Wildman–Crippen MR) is 230 cm³/mol. The number of amides is 1. The van der Waals surface area contributed by atoms with E-state index in [4.69, 9.17) is 0 Å². The maximum absolute atomic E-state index is 12.4. The van der Waals surface area contributed by atoms with Crippen molar-refractivity contribution in [1.29, 1.82) is 0 Å². The van der Waals surface area contributed by atoms with Crippen LogP contribution in [0.2, 0.25) is 0 Å². The van der Waals surface area contributed by atoms with Gasteiger partial charge in [-0.05, 0) is 38.5 Å². The van der Waals surface area contributed by atoms with E-state index >= 15 is 0 Å². The Morgan fingerprint density at radius 3 is 1.06 bits per heavy atom. The van der Waals surface area contributed by atoms with E-state index in [0.29, 0.717) is 12.8 Å². The number of hydrogen-bond acceptors (Lipinski definition) is 3. The Morgan fingerprint density at radius 2 is 0.731 bits per heavy atom. The van der Waals surface area contributed by atoms with Crippen LogP contribution in [0, 0.1) is 0 Å². The second kappa shape index (κ2) is 44.5. The third-order valence-corrected chi connectivity index (χ3v) is 11.3. The first-order valence-corrected chi connectivity index (χ1v) is 23.9. The molecule has 0 aromatic carbocycles. The summed E-state index contributed by atoms with van der Waals surface area (Å²) in [5.41, 5.74) is 0. The zero-order valence-corrected chi connectivity index (χ0v) is 35.6. The van der Waals surface area contributed by atoms with Crippen LogP contribution in [0.3, 0.4) is 0 Å². The van der Waals surface area contributed by atoms with Gasteiger partial charge in [-0.25, -0.2) is 0 Å². The van der Waals surface area contributed by atoms with Crippen LogP contribution >= 0.6 is 0 Å². The van der Waals surface area contributed by atoms with Crippen molar-refractivity contribution in [3.05, 3.63) is 12.2 Å². The molecule has 2 unspecified atom stereocenters. The molecule has 0 fully saturated rings. The molecule has 2 atom stereocenters.